The molecule has 1 aliphatic heterocycles. The Balaban J connectivity index is 1.43. The van der Waals surface area contributed by atoms with Gasteiger partial charge in [0.15, 0.2) is 0 Å². The van der Waals surface area contributed by atoms with Crippen LogP contribution in [-0.4, -0.2) is 48.9 Å². The van der Waals surface area contributed by atoms with Crippen LogP contribution in [0.4, 0.5) is 0 Å². The van der Waals surface area contributed by atoms with Crippen LogP contribution < -0.4 is 0 Å². The second-order valence-corrected chi connectivity index (χ2v) is 7.33. The molecule has 2 aromatic heterocycles. The average Bonchev–Trinajstić information content (AvgIpc) is 3.31. The van der Waals surface area contributed by atoms with E-state index in [2.05, 4.69) is 26.5 Å². The van der Waals surface area contributed by atoms with Gasteiger partial charge >= 0.3 is 0 Å². The number of rotatable bonds is 4. The van der Waals surface area contributed by atoms with Crippen molar-refractivity contribution in [1.29, 1.82) is 0 Å². The molecule has 1 fully saturated rings. The molecule has 1 aliphatic rings. The Morgan fingerprint density at radius 3 is 2.81 bits per heavy atom. The van der Waals surface area contributed by atoms with Crippen LogP contribution in [0.3, 0.4) is 0 Å². The fraction of sp³-hybridized carbons (Fsp3) is 0.400. The number of hydrogen-bond donors (Lipinski definition) is 1. The summed E-state index contributed by atoms with van der Waals surface area (Å²) in [6, 6.07) is 8.11. The number of hydrogen-bond acceptors (Lipinski definition) is 4. The van der Waals surface area contributed by atoms with Gasteiger partial charge in [0.1, 0.15) is 12.2 Å². The van der Waals surface area contributed by atoms with Gasteiger partial charge in [-0.3, -0.25) is 9.89 Å². The average molecular weight is 364 g/mol. The highest BCUT2D eigenvalue weighted by Gasteiger charge is 2.27. The molecule has 0 radical (unpaired) electrons. The van der Waals surface area contributed by atoms with Gasteiger partial charge in [0.05, 0.1) is 17.5 Å². The predicted octanol–water partition coefficient (Wildman–Crippen LogP) is 2.61. The van der Waals surface area contributed by atoms with E-state index in [0.29, 0.717) is 11.5 Å². The Labute approximate surface area is 158 Å². The Hall–Kier alpha value is -2.96. The molecule has 0 unspecified atom stereocenters. The summed E-state index contributed by atoms with van der Waals surface area (Å²) < 4.78 is 1.97. The number of aromatic amines is 1. The molecule has 3 heterocycles. The standard InChI is InChI=1S/C20H24N6O/c1-14-4-3-5-16(10-14)19-17(12-21-24-19)20(27)26-8-6-15(7-9-26)11-18-23-22-13-25(18)2/h3-5,10,12-13,15H,6-9,11H2,1-2H3,(H,21,24). The molecule has 7 nitrogen and oxygen atoms in total. The van der Waals surface area contributed by atoms with Crippen molar-refractivity contribution in [3.8, 4) is 11.3 Å². The molecule has 1 amide bonds. The van der Waals surface area contributed by atoms with Crippen molar-refractivity contribution in [3.63, 3.8) is 0 Å². The minimum absolute atomic E-state index is 0.0531. The third-order valence-corrected chi connectivity index (χ3v) is 5.35. The van der Waals surface area contributed by atoms with Gasteiger partial charge in [0.25, 0.3) is 5.91 Å². The third kappa shape index (κ3) is 3.63. The number of nitrogens with zero attached hydrogens (tertiary/aromatic N) is 5. The minimum atomic E-state index is 0.0531. The first-order valence-corrected chi connectivity index (χ1v) is 9.34. The van der Waals surface area contributed by atoms with E-state index in [0.717, 1.165) is 55.0 Å². The van der Waals surface area contributed by atoms with Crippen molar-refractivity contribution in [1.82, 2.24) is 29.9 Å². The van der Waals surface area contributed by atoms with E-state index in [4.69, 9.17) is 0 Å². The summed E-state index contributed by atoms with van der Waals surface area (Å²) in [5.41, 5.74) is 3.59. The highest BCUT2D eigenvalue weighted by molar-refractivity contribution is 5.99. The van der Waals surface area contributed by atoms with Gasteiger partial charge in [0.2, 0.25) is 0 Å². The van der Waals surface area contributed by atoms with Crippen molar-refractivity contribution in [2.24, 2.45) is 13.0 Å². The molecule has 0 aliphatic carbocycles. The van der Waals surface area contributed by atoms with Gasteiger partial charge in [-0.1, -0.05) is 23.8 Å². The van der Waals surface area contributed by atoms with Gasteiger partial charge in [0, 0.05) is 32.1 Å². The SMILES string of the molecule is Cc1cccc(-c2[nH]ncc2C(=O)N2CCC(Cc3nncn3C)CC2)c1. The first kappa shape index (κ1) is 17.5. The van der Waals surface area contributed by atoms with E-state index in [1.165, 1.54) is 0 Å². The number of likely N-dealkylation sites (tertiary alicyclic amines) is 1. The zero-order valence-electron chi connectivity index (χ0n) is 15.7. The van der Waals surface area contributed by atoms with Gasteiger partial charge in [-0.25, -0.2) is 0 Å². The third-order valence-electron chi connectivity index (χ3n) is 5.35. The highest BCUT2D eigenvalue weighted by Crippen LogP contribution is 2.26. The van der Waals surface area contributed by atoms with Gasteiger partial charge < -0.3 is 9.47 Å². The predicted molar refractivity (Wildman–Crippen MR) is 102 cm³/mol. The normalized spacial score (nSPS) is 15.3. The van der Waals surface area contributed by atoms with E-state index in [9.17, 15) is 4.79 Å². The smallest absolute Gasteiger partial charge is 0.257 e. The van der Waals surface area contributed by atoms with Gasteiger partial charge in [-0.15, -0.1) is 10.2 Å². The monoisotopic (exact) mass is 364 g/mol. The van der Waals surface area contributed by atoms with Gasteiger partial charge in [-0.2, -0.15) is 5.10 Å². The number of carbonyl (C=O) groups excluding carboxylic acids is 1. The molecule has 7 heteroatoms. The number of amides is 1. The van der Waals surface area contributed by atoms with Crippen LogP contribution in [0.15, 0.2) is 36.8 Å². The zero-order chi connectivity index (χ0) is 18.8. The van der Waals surface area contributed by atoms with E-state index < -0.39 is 0 Å². The Kier molecular flexibility index (Phi) is 4.75. The van der Waals surface area contributed by atoms with Crippen LogP contribution in [0.2, 0.25) is 0 Å². The maximum absolute atomic E-state index is 13.1. The van der Waals surface area contributed by atoms with Crippen molar-refractivity contribution < 1.29 is 4.79 Å². The Morgan fingerprint density at radius 1 is 1.30 bits per heavy atom. The summed E-state index contributed by atoms with van der Waals surface area (Å²) >= 11 is 0. The maximum atomic E-state index is 13.1. The van der Waals surface area contributed by atoms with E-state index in [1.54, 1.807) is 12.5 Å². The van der Waals surface area contributed by atoms with E-state index in [1.807, 2.05) is 41.6 Å². The molecule has 27 heavy (non-hydrogen) atoms. The molecule has 0 saturated carbocycles. The Bertz CT molecular complexity index is 935. The lowest BCUT2D eigenvalue weighted by Crippen LogP contribution is -2.39. The fourth-order valence-corrected chi connectivity index (χ4v) is 3.73. The second-order valence-electron chi connectivity index (χ2n) is 7.33. The quantitative estimate of drug-likeness (QED) is 0.772. The molecular formula is C20H24N6O. The number of H-pyrrole nitrogens is 1. The lowest BCUT2D eigenvalue weighted by Gasteiger charge is -2.31. The molecule has 0 spiro atoms. The van der Waals surface area contributed by atoms with E-state index in [-0.39, 0.29) is 5.91 Å². The topological polar surface area (TPSA) is 79.7 Å². The van der Waals surface area contributed by atoms with Crippen molar-refractivity contribution in [3.05, 3.63) is 53.7 Å². The summed E-state index contributed by atoms with van der Waals surface area (Å²) in [6.07, 6.45) is 6.26. The van der Waals surface area contributed by atoms with Crippen LogP contribution in [0.1, 0.15) is 34.6 Å². The summed E-state index contributed by atoms with van der Waals surface area (Å²) in [6.45, 7) is 3.57. The van der Waals surface area contributed by atoms with Crippen LogP contribution >= 0.6 is 0 Å². The first-order chi connectivity index (χ1) is 13.1. The lowest BCUT2D eigenvalue weighted by molar-refractivity contribution is 0.0690. The Morgan fingerprint density at radius 2 is 2.11 bits per heavy atom. The van der Waals surface area contributed by atoms with Crippen LogP contribution in [0.25, 0.3) is 11.3 Å². The molecule has 1 N–H and O–H groups in total. The number of nitrogens with one attached hydrogen (secondary N) is 1. The van der Waals surface area contributed by atoms with Crippen molar-refractivity contribution in [2.45, 2.75) is 26.2 Å². The molecule has 140 valence electrons. The highest BCUT2D eigenvalue weighted by atomic mass is 16.2. The van der Waals surface area contributed by atoms with Crippen LogP contribution in [-0.2, 0) is 13.5 Å². The summed E-state index contributed by atoms with van der Waals surface area (Å²) in [7, 11) is 1.97. The number of carbonyl (C=O) groups is 1. The minimum Gasteiger partial charge on any atom is -0.339 e. The summed E-state index contributed by atoms with van der Waals surface area (Å²) in [4.78, 5) is 15.0. The molecule has 1 aromatic carbocycles. The summed E-state index contributed by atoms with van der Waals surface area (Å²) in [5, 5.41) is 15.3. The number of benzene rings is 1. The maximum Gasteiger partial charge on any atom is 0.257 e. The second kappa shape index (κ2) is 7.34. The summed E-state index contributed by atoms with van der Waals surface area (Å²) in [5.74, 6) is 1.60. The molecule has 3 aromatic rings. The largest absolute Gasteiger partial charge is 0.339 e. The van der Waals surface area contributed by atoms with Gasteiger partial charge in [-0.05, 0) is 31.7 Å². The first-order valence-electron chi connectivity index (χ1n) is 9.34. The van der Waals surface area contributed by atoms with E-state index >= 15 is 0 Å². The van der Waals surface area contributed by atoms with Crippen LogP contribution in [0, 0.1) is 12.8 Å². The fourth-order valence-electron chi connectivity index (χ4n) is 3.73. The van der Waals surface area contributed by atoms with Crippen molar-refractivity contribution >= 4 is 5.91 Å². The van der Waals surface area contributed by atoms with Crippen molar-refractivity contribution in [2.75, 3.05) is 13.1 Å². The molecule has 0 atom stereocenters. The lowest BCUT2D eigenvalue weighted by atomic mass is 9.92. The molecule has 1 saturated heterocycles. The van der Waals surface area contributed by atoms with Crippen LogP contribution in [0.5, 0.6) is 0 Å². The number of aryl methyl sites for hydroxylation is 2. The number of aromatic nitrogens is 5. The molecular weight excluding hydrogens is 340 g/mol. The number of piperidine rings is 1. The molecule has 0 bridgehead atoms. The zero-order valence-corrected chi connectivity index (χ0v) is 15.7. The molecule has 4 rings (SSSR count).